The fraction of sp³-hybridized carbons (Fsp3) is 0.818. The van der Waals surface area contributed by atoms with Crippen LogP contribution in [0.1, 0.15) is 90.4 Å². The van der Waals surface area contributed by atoms with Gasteiger partial charge in [-0.2, -0.15) is 0 Å². The molecular weight excluding hydrogens is 500 g/mol. The number of nitrogens with one attached hydrogen (secondary N) is 1. The molecule has 0 radical (unpaired) electrons. The normalized spacial score (nSPS) is 30.3. The van der Waals surface area contributed by atoms with Crippen molar-refractivity contribution in [1.29, 1.82) is 0 Å². The fourth-order valence-corrected chi connectivity index (χ4v) is 8.70. The molecule has 2 N–H and O–H groups in total. The average Bonchev–Trinajstić information content (AvgIpc) is 3.72. The highest BCUT2D eigenvalue weighted by atomic mass is 16.3. The van der Waals surface area contributed by atoms with Crippen LogP contribution in [0.4, 0.5) is 0 Å². The van der Waals surface area contributed by atoms with Crippen molar-refractivity contribution in [2.75, 3.05) is 52.4 Å². The molecule has 0 bridgehead atoms. The van der Waals surface area contributed by atoms with Gasteiger partial charge in [-0.1, -0.05) is 57.9 Å². The van der Waals surface area contributed by atoms with E-state index in [1.165, 1.54) is 50.5 Å². The van der Waals surface area contributed by atoms with Crippen molar-refractivity contribution >= 4 is 11.8 Å². The molecule has 3 aliphatic heterocycles. The first kappa shape index (κ1) is 28.3. The van der Waals surface area contributed by atoms with Gasteiger partial charge in [0.15, 0.2) is 0 Å². The van der Waals surface area contributed by atoms with E-state index >= 15 is 0 Å². The molecule has 40 heavy (non-hydrogen) atoms. The van der Waals surface area contributed by atoms with E-state index in [2.05, 4.69) is 34.3 Å². The molecule has 7 heteroatoms. The second-order valence-corrected chi connectivity index (χ2v) is 14.1. The van der Waals surface area contributed by atoms with Gasteiger partial charge in [0.05, 0.1) is 11.2 Å². The van der Waals surface area contributed by atoms with E-state index in [1.54, 1.807) is 0 Å². The van der Waals surface area contributed by atoms with E-state index in [1.807, 2.05) is 4.90 Å². The molecule has 3 aliphatic carbocycles. The molecule has 0 aromatic carbocycles. The summed E-state index contributed by atoms with van der Waals surface area (Å²) in [4.78, 5) is 33.6. The predicted molar refractivity (Wildman–Crippen MR) is 157 cm³/mol. The zero-order valence-electron chi connectivity index (χ0n) is 24.8. The molecule has 222 valence electrons. The van der Waals surface area contributed by atoms with Crippen LogP contribution < -0.4 is 5.32 Å². The minimum absolute atomic E-state index is 0.0716. The van der Waals surface area contributed by atoms with Gasteiger partial charge in [-0.05, 0) is 55.9 Å². The highest BCUT2D eigenvalue weighted by Crippen LogP contribution is 2.52. The first-order valence-electron chi connectivity index (χ1n) is 16.5. The third kappa shape index (κ3) is 5.74. The zero-order chi connectivity index (χ0) is 27.7. The molecule has 3 heterocycles. The number of hydrogen-bond acceptors (Lipinski definition) is 5. The zero-order valence-corrected chi connectivity index (χ0v) is 24.8. The van der Waals surface area contributed by atoms with Gasteiger partial charge in [0.2, 0.25) is 5.91 Å². The first-order valence-corrected chi connectivity index (χ1v) is 16.5. The number of piperidine rings is 1. The van der Waals surface area contributed by atoms with Crippen LogP contribution in [0, 0.1) is 23.2 Å². The predicted octanol–water partition coefficient (Wildman–Crippen LogP) is 4.08. The van der Waals surface area contributed by atoms with Gasteiger partial charge in [0.25, 0.3) is 5.91 Å². The third-order valence-corrected chi connectivity index (χ3v) is 11.3. The Balaban J connectivity index is 1.15. The van der Waals surface area contributed by atoms with E-state index < -0.39 is 5.60 Å². The molecule has 2 amide bonds. The lowest BCUT2D eigenvalue weighted by Gasteiger charge is -2.54. The summed E-state index contributed by atoms with van der Waals surface area (Å²) >= 11 is 0. The molecule has 0 unspecified atom stereocenters. The second-order valence-electron chi connectivity index (χ2n) is 14.1. The lowest BCUT2D eigenvalue weighted by molar-refractivity contribution is -0.162. The Bertz CT molecular complexity index is 1000. The van der Waals surface area contributed by atoms with E-state index in [0.29, 0.717) is 43.8 Å². The van der Waals surface area contributed by atoms with Crippen LogP contribution in [0.3, 0.4) is 0 Å². The van der Waals surface area contributed by atoms with Crippen LogP contribution in [0.15, 0.2) is 23.4 Å². The Morgan fingerprint density at radius 2 is 1.70 bits per heavy atom. The standard InChI is InChI=1S/C33H52N4O3/c1-25(21-26-7-3-2-4-8-26)30(38)37-18-14-33(40,32(23-37)12-5-6-13-32)24-35-17-11-28(27-9-10-27)29(22-35)31(39)36-19-15-34-16-20-36/h11,22,25-27,34,40H,2-10,12-21,23-24H2,1H3/t25-,33+/m1/s1. The van der Waals surface area contributed by atoms with Crippen LogP contribution in [-0.2, 0) is 9.59 Å². The van der Waals surface area contributed by atoms with Crippen molar-refractivity contribution < 1.29 is 14.7 Å². The Kier molecular flexibility index (Phi) is 8.33. The molecular formula is C33H52N4O3. The first-order chi connectivity index (χ1) is 19.4. The van der Waals surface area contributed by atoms with Crippen LogP contribution >= 0.6 is 0 Å². The number of amides is 2. The Hall–Kier alpha value is -1.86. The maximum Gasteiger partial charge on any atom is 0.255 e. The fourth-order valence-electron chi connectivity index (χ4n) is 8.70. The minimum atomic E-state index is -0.850. The number of β-amino-alcohol motifs (C(OH)–C–C–N with tert-alkyl or cyclic N) is 1. The number of rotatable bonds is 7. The van der Waals surface area contributed by atoms with Gasteiger partial charge in [-0.15, -0.1) is 0 Å². The summed E-state index contributed by atoms with van der Waals surface area (Å²) in [5.74, 6) is 1.75. The summed E-state index contributed by atoms with van der Waals surface area (Å²) < 4.78 is 0. The molecule has 0 aromatic heterocycles. The summed E-state index contributed by atoms with van der Waals surface area (Å²) in [7, 11) is 0. The van der Waals surface area contributed by atoms with Gasteiger partial charge in [0, 0.05) is 69.9 Å². The molecule has 7 nitrogen and oxygen atoms in total. The summed E-state index contributed by atoms with van der Waals surface area (Å²) in [5.41, 5.74) is 0.985. The third-order valence-electron chi connectivity index (χ3n) is 11.3. The van der Waals surface area contributed by atoms with Crippen molar-refractivity contribution in [2.24, 2.45) is 23.2 Å². The molecule has 0 aromatic rings. The Morgan fingerprint density at radius 3 is 2.40 bits per heavy atom. The number of nitrogens with zero attached hydrogens (tertiary/aromatic N) is 3. The lowest BCUT2D eigenvalue weighted by atomic mass is 9.65. The van der Waals surface area contributed by atoms with E-state index in [-0.39, 0.29) is 17.2 Å². The Morgan fingerprint density at radius 1 is 0.975 bits per heavy atom. The van der Waals surface area contributed by atoms with Crippen molar-refractivity contribution in [2.45, 2.75) is 96.0 Å². The quantitative estimate of drug-likeness (QED) is 0.498. The van der Waals surface area contributed by atoms with Crippen LogP contribution in [0.25, 0.3) is 0 Å². The van der Waals surface area contributed by atoms with Gasteiger partial charge < -0.3 is 25.1 Å². The molecule has 2 atom stereocenters. The monoisotopic (exact) mass is 552 g/mol. The largest absolute Gasteiger partial charge is 0.387 e. The van der Waals surface area contributed by atoms with Crippen molar-refractivity contribution in [3.8, 4) is 0 Å². The average molecular weight is 553 g/mol. The van der Waals surface area contributed by atoms with E-state index in [4.69, 9.17) is 0 Å². The topological polar surface area (TPSA) is 76.1 Å². The summed E-state index contributed by atoms with van der Waals surface area (Å²) in [6.45, 7) is 7.96. The molecule has 1 spiro atoms. The van der Waals surface area contributed by atoms with E-state index in [9.17, 15) is 14.7 Å². The highest BCUT2D eigenvalue weighted by Gasteiger charge is 2.56. The lowest BCUT2D eigenvalue weighted by Crippen LogP contribution is -2.64. The number of hydrogen-bond donors (Lipinski definition) is 2. The second kappa shape index (κ2) is 11.8. The number of carbonyl (C=O) groups is 2. The molecule has 6 rings (SSSR count). The van der Waals surface area contributed by atoms with Gasteiger partial charge in [-0.25, -0.2) is 0 Å². The van der Waals surface area contributed by atoms with Crippen molar-refractivity contribution in [3.63, 3.8) is 0 Å². The number of likely N-dealkylation sites (tertiary alicyclic amines) is 1. The van der Waals surface area contributed by atoms with Crippen LogP contribution in [0.5, 0.6) is 0 Å². The van der Waals surface area contributed by atoms with Gasteiger partial charge in [0.1, 0.15) is 0 Å². The Labute approximate surface area is 241 Å². The number of piperazine rings is 1. The summed E-state index contributed by atoms with van der Waals surface area (Å²) in [6.07, 6.45) is 19.1. The van der Waals surface area contributed by atoms with Crippen molar-refractivity contribution in [1.82, 2.24) is 20.0 Å². The van der Waals surface area contributed by atoms with Crippen molar-refractivity contribution in [3.05, 3.63) is 23.4 Å². The van der Waals surface area contributed by atoms with Gasteiger partial charge >= 0.3 is 0 Å². The summed E-state index contributed by atoms with van der Waals surface area (Å²) in [5, 5.41) is 15.8. The smallest absolute Gasteiger partial charge is 0.255 e. The SMILES string of the molecule is C[C@H](CC1CCCCC1)C(=O)N1CC[C@](O)(CN2C=C(C(=O)N3CCNCC3)C(C3CC3)=CC2)C2(CCCC2)C1. The number of carbonyl (C=O) groups excluding carboxylic acids is 2. The molecule has 2 saturated heterocycles. The molecule has 3 saturated carbocycles. The van der Waals surface area contributed by atoms with Crippen LogP contribution in [0.2, 0.25) is 0 Å². The van der Waals surface area contributed by atoms with E-state index in [0.717, 1.165) is 70.4 Å². The minimum Gasteiger partial charge on any atom is -0.387 e. The number of aliphatic hydroxyl groups is 1. The van der Waals surface area contributed by atoms with Crippen LogP contribution in [-0.4, -0.2) is 89.6 Å². The molecule has 6 aliphatic rings. The summed E-state index contributed by atoms with van der Waals surface area (Å²) in [6, 6.07) is 0. The van der Waals surface area contributed by atoms with Gasteiger partial charge in [-0.3, -0.25) is 9.59 Å². The molecule has 5 fully saturated rings. The maximum atomic E-state index is 13.7. The maximum absolute atomic E-state index is 13.7. The highest BCUT2D eigenvalue weighted by molar-refractivity contribution is 5.98.